The standard InChI is InChI=1S/C25H23N5O3/c1-15-12-21-17(14-26-15)13-19(23(32)30(21)3)20-6-4-5-11-25(20,2)28-24-27-22(33-29-24)16-7-9-18(31)10-8-16/h4-14,20,31H,1-3H3,(H,28,29). The first kappa shape index (κ1) is 20.7. The summed E-state index contributed by atoms with van der Waals surface area (Å²) in [4.78, 5) is 22.2. The van der Waals surface area contributed by atoms with Gasteiger partial charge in [0.1, 0.15) is 5.75 Å². The van der Waals surface area contributed by atoms with E-state index in [4.69, 9.17) is 4.52 Å². The molecule has 166 valence electrons. The number of aromatic hydroxyl groups is 1. The second kappa shape index (κ2) is 7.74. The van der Waals surface area contributed by atoms with Crippen LogP contribution in [-0.2, 0) is 7.05 Å². The normalized spacial score (nSPS) is 19.8. The molecule has 0 spiro atoms. The van der Waals surface area contributed by atoms with Gasteiger partial charge in [-0.1, -0.05) is 24.3 Å². The number of aryl methyl sites for hydroxylation is 2. The van der Waals surface area contributed by atoms with Crippen LogP contribution in [0, 0.1) is 6.92 Å². The van der Waals surface area contributed by atoms with Gasteiger partial charge in [-0.25, -0.2) is 0 Å². The molecule has 1 aromatic carbocycles. The molecule has 3 aromatic heterocycles. The van der Waals surface area contributed by atoms with E-state index in [1.165, 1.54) is 0 Å². The molecule has 8 heteroatoms. The summed E-state index contributed by atoms with van der Waals surface area (Å²) in [5.74, 6) is 0.521. The fraction of sp³-hybridized carbons (Fsp3) is 0.200. The zero-order valence-electron chi connectivity index (χ0n) is 18.5. The van der Waals surface area contributed by atoms with E-state index in [9.17, 15) is 9.90 Å². The molecule has 0 radical (unpaired) electrons. The number of phenols is 1. The lowest BCUT2D eigenvalue weighted by Crippen LogP contribution is -2.42. The van der Waals surface area contributed by atoms with E-state index in [1.54, 1.807) is 42.1 Å². The van der Waals surface area contributed by atoms with Crippen molar-refractivity contribution >= 4 is 16.9 Å². The molecule has 0 bridgehead atoms. The number of fused-ring (bicyclic) bond motifs is 1. The van der Waals surface area contributed by atoms with Gasteiger partial charge in [-0.3, -0.25) is 9.78 Å². The zero-order valence-corrected chi connectivity index (χ0v) is 18.5. The van der Waals surface area contributed by atoms with Gasteiger partial charge >= 0.3 is 0 Å². The van der Waals surface area contributed by atoms with Gasteiger partial charge in [0.05, 0.1) is 11.1 Å². The van der Waals surface area contributed by atoms with E-state index in [2.05, 4.69) is 20.4 Å². The molecule has 33 heavy (non-hydrogen) atoms. The molecule has 0 aliphatic heterocycles. The Bertz CT molecular complexity index is 1470. The Morgan fingerprint density at radius 2 is 1.97 bits per heavy atom. The van der Waals surface area contributed by atoms with Crippen LogP contribution in [-0.4, -0.2) is 30.3 Å². The van der Waals surface area contributed by atoms with Gasteiger partial charge in [0.15, 0.2) is 0 Å². The highest BCUT2D eigenvalue weighted by Crippen LogP contribution is 2.36. The second-order valence-electron chi connectivity index (χ2n) is 8.45. The molecule has 1 aliphatic carbocycles. The smallest absolute Gasteiger partial charge is 0.264 e. The van der Waals surface area contributed by atoms with Crippen molar-refractivity contribution in [1.29, 1.82) is 0 Å². The summed E-state index contributed by atoms with van der Waals surface area (Å²) in [7, 11) is 1.78. The highest BCUT2D eigenvalue weighted by atomic mass is 16.5. The third-order valence-corrected chi connectivity index (χ3v) is 6.03. The zero-order chi connectivity index (χ0) is 23.2. The Hall–Kier alpha value is -4.20. The quantitative estimate of drug-likeness (QED) is 0.491. The van der Waals surface area contributed by atoms with Crippen LogP contribution in [0.5, 0.6) is 5.75 Å². The fourth-order valence-electron chi connectivity index (χ4n) is 4.23. The number of benzene rings is 1. The van der Waals surface area contributed by atoms with Gasteiger partial charge in [-0.05, 0) is 55.4 Å². The van der Waals surface area contributed by atoms with Crippen molar-refractivity contribution in [2.45, 2.75) is 25.3 Å². The molecular weight excluding hydrogens is 418 g/mol. The first-order chi connectivity index (χ1) is 15.8. The van der Waals surface area contributed by atoms with Gasteiger partial charge < -0.3 is 19.5 Å². The van der Waals surface area contributed by atoms with E-state index >= 15 is 0 Å². The summed E-state index contributed by atoms with van der Waals surface area (Å²) >= 11 is 0. The van der Waals surface area contributed by atoms with E-state index in [0.717, 1.165) is 16.6 Å². The van der Waals surface area contributed by atoms with Crippen LogP contribution in [0.1, 0.15) is 24.1 Å². The maximum Gasteiger partial charge on any atom is 0.264 e. The molecule has 0 fully saturated rings. The van der Waals surface area contributed by atoms with Crippen molar-refractivity contribution in [1.82, 2.24) is 19.7 Å². The highest BCUT2D eigenvalue weighted by Gasteiger charge is 2.36. The SMILES string of the molecule is Cc1cc2c(cn1)cc(C1C=CC=CC1(C)Nc1noc(-c3ccc(O)cc3)n1)c(=O)n2C. The number of nitrogens with one attached hydrogen (secondary N) is 1. The third-order valence-electron chi connectivity index (χ3n) is 6.03. The van der Waals surface area contributed by atoms with Crippen LogP contribution in [0.15, 0.2) is 76.2 Å². The van der Waals surface area contributed by atoms with Crippen molar-refractivity contribution in [3.05, 3.63) is 88.5 Å². The summed E-state index contributed by atoms with van der Waals surface area (Å²) in [5.41, 5.74) is 2.30. The minimum absolute atomic E-state index is 0.0658. The maximum absolute atomic E-state index is 13.3. The number of pyridine rings is 2. The van der Waals surface area contributed by atoms with E-state index in [0.29, 0.717) is 23.0 Å². The van der Waals surface area contributed by atoms with Crippen LogP contribution < -0.4 is 10.9 Å². The minimum Gasteiger partial charge on any atom is -0.508 e. The number of hydrogen-bond donors (Lipinski definition) is 2. The summed E-state index contributed by atoms with van der Waals surface area (Å²) in [6.45, 7) is 3.90. The largest absolute Gasteiger partial charge is 0.508 e. The van der Waals surface area contributed by atoms with Crippen molar-refractivity contribution in [2.75, 3.05) is 5.32 Å². The number of aromatic nitrogens is 4. The van der Waals surface area contributed by atoms with Crippen molar-refractivity contribution in [3.63, 3.8) is 0 Å². The van der Waals surface area contributed by atoms with Crippen LogP contribution in [0.25, 0.3) is 22.4 Å². The third kappa shape index (κ3) is 3.69. The van der Waals surface area contributed by atoms with E-state index in [1.807, 2.05) is 50.3 Å². The minimum atomic E-state index is -0.678. The van der Waals surface area contributed by atoms with Gasteiger partial charge in [0.2, 0.25) is 0 Å². The molecule has 1 aliphatic rings. The Balaban J connectivity index is 1.52. The van der Waals surface area contributed by atoms with Gasteiger partial charge in [0.25, 0.3) is 17.4 Å². The Morgan fingerprint density at radius 3 is 2.76 bits per heavy atom. The molecule has 5 rings (SSSR count). The lowest BCUT2D eigenvalue weighted by Gasteiger charge is -2.35. The lowest BCUT2D eigenvalue weighted by atomic mass is 9.78. The number of phenolic OH excluding ortho intramolecular Hbond substituents is 1. The van der Waals surface area contributed by atoms with Crippen LogP contribution in [0.2, 0.25) is 0 Å². The van der Waals surface area contributed by atoms with Crippen LogP contribution in [0.3, 0.4) is 0 Å². The topological polar surface area (TPSA) is 106 Å². The number of anilines is 1. The van der Waals surface area contributed by atoms with Gasteiger partial charge in [-0.15, -0.1) is 0 Å². The molecule has 0 saturated heterocycles. The summed E-state index contributed by atoms with van der Waals surface area (Å²) in [5, 5.41) is 17.8. The van der Waals surface area contributed by atoms with Crippen molar-refractivity contribution in [3.8, 4) is 17.2 Å². The molecule has 0 amide bonds. The summed E-state index contributed by atoms with van der Waals surface area (Å²) in [6, 6.07) is 10.4. The molecule has 4 aromatic rings. The highest BCUT2D eigenvalue weighted by molar-refractivity contribution is 5.79. The molecular formula is C25H23N5O3. The van der Waals surface area contributed by atoms with Crippen molar-refractivity contribution in [2.24, 2.45) is 7.05 Å². The van der Waals surface area contributed by atoms with Crippen molar-refractivity contribution < 1.29 is 9.63 Å². The first-order valence-corrected chi connectivity index (χ1v) is 10.6. The molecule has 0 saturated carbocycles. The van der Waals surface area contributed by atoms with Gasteiger partial charge in [0, 0.05) is 41.4 Å². The maximum atomic E-state index is 13.3. The number of hydrogen-bond acceptors (Lipinski definition) is 7. The van der Waals surface area contributed by atoms with Crippen LogP contribution >= 0.6 is 0 Å². The number of allylic oxidation sites excluding steroid dienone is 2. The number of nitrogens with zero attached hydrogens (tertiary/aromatic N) is 4. The molecule has 3 heterocycles. The van der Waals surface area contributed by atoms with Crippen LogP contribution in [0.4, 0.5) is 5.95 Å². The Labute approximate surface area is 189 Å². The summed E-state index contributed by atoms with van der Waals surface area (Å²) < 4.78 is 7.08. The predicted octanol–water partition coefficient (Wildman–Crippen LogP) is 4.08. The number of rotatable bonds is 4. The van der Waals surface area contributed by atoms with Gasteiger partial charge in [-0.2, -0.15) is 4.98 Å². The average molecular weight is 441 g/mol. The lowest BCUT2D eigenvalue weighted by molar-refractivity contribution is 0.429. The second-order valence-corrected chi connectivity index (χ2v) is 8.45. The first-order valence-electron chi connectivity index (χ1n) is 10.6. The molecule has 2 N–H and O–H groups in total. The molecule has 2 unspecified atom stereocenters. The monoisotopic (exact) mass is 441 g/mol. The van der Waals surface area contributed by atoms with E-state index < -0.39 is 5.54 Å². The predicted molar refractivity (Wildman–Crippen MR) is 126 cm³/mol. The van der Waals surface area contributed by atoms with E-state index in [-0.39, 0.29) is 17.2 Å². The Morgan fingerprint density at radius 1 is 1.18 bits per heavy atom. The molecule has 2 atom stereocenters. The fourth-order valence-corrected chi connectivity index (χ4v) is 4.23. The Kier molecular flexibility index (Phi) is 4.85. The average Bonchev–Trinajstić information content (AvgIpc) is 3.25. The summed E-state index contributed by atoms with van der Waals surface area (Å²) in [6.07, 6.45) is 9.65. The molecule has 8 nitrogen and oxygen atoms in total.